The van der Waals surface area contributed by atoms with Gasteiger partial charge in [0.2, 0.25) is 11.8 Å². The van der Waals surface area contributed by atoms with Crippen molar-refractivity contribution in [3.8, 4) is 5.75 Å². The monoisotopic (exact) mass is 468 g/mol. The Hall–Kier alpha value is -3.66. The first-order valence-electron chi connectivity index (χ1n) is 10.1. The Balaban J connectivity index is 1.80. The molecule has 2 aromatic rings. The molecule has 33 heavy (non-hydrogen) atoms. The summed E-state index contributed by atoms with van der Waals surface area (Å²) in [6.07, 6.45) is 1.44. The van der Waals surface area contributed by atoms with E-state index in [-0.39, 0.29) is 30.2 Å². The van der Waals surface area contributed by atoms with Gasteiger partial charge in [-0.1, -0.05) is 30.0 Å². The molecule has 0 saturated carbocycles. The summed E-state index contributed by atoms with van der Waals surface area (Å²) in [4.78, 5) is 42.5. The molecule has 1 N–H and O–H groups in total. The van der Waals surface area contributed by atoms with Crippen LogP contribution in [0.1, 0.15) is 17.5 Å². The lowest BCUT2D eigenvalue weighted by molar-refractivity contribution is -0.384. The Morgan fingerprint density at radius 1 is 1.33 bits per heavy atom. The number of benzene rings is 2. The fourth-order valence-corrected chi connectivity index (χ4v) is 4.39. The second-order valence-corrected chi connectivity index (χ2v) is 8.59. The minimum atomic E-state index is -0.703. The molecular formula is C23H24N4O5S. The molecule has 10 heteroatoms. The lowest BCUT2D eigenvalue weighted by atomic mass is 10.1. The van der Waals surface area contributed by atoms with Crippen LogP contribution < -0.4 is 10.1 Å². The van der Waals surface area contributed by atoms with E-state index < -0.39 is 16.1 Å². The van der Waals surface area contributed by atoms with Crippen molar-refractivity contribution < 1.29 is 19.2 Å². The van der Waals surface area contributed by atoms with Crippen LogP contribution >= 0.6 is 11.8 Å². The summed E-state index contributed by atoms with van der Waals surface area (Å²) in [7, 11) is 1.40. The van der Waals surface area contributed by atoms with Gasteiger partial charge >= 0.3 is 0 Å². The van der Waals surface area contributed by atoms with E-state index >= 15 is 0 Å². The largest absolute Gasteiger partial charge is 0.496 e. The van der Waals surface area contributed by atoms with Gasteiger partial charge in [-0.25, -0.2) is 4.99 Å². The summed E-state index contributed by atoms with van der Waals surface area (Å²) in [5.74, 6) is -0.474. The highest BCUT2D eigenvalue weighted by molar-refractivity contribution is 8.15. The first-order valence-corrected chi connectivity index (χ1v) is 11.0. The summed E-state index contributed by atoms with van der Waals surface area (Å²) in [5, 5.41) is 13.7. The van der Waals surface area contributed by atoms with E-state index in [1.165, 1.54) is 42.0 Å². The minimum Gasteiger partial charge on any atom is -0.496 e. The van der Waals surface area contributed by atoms with Gasteiger partial charge in [-0.05, 0) is 43.2 Å². The number of ether oxygens (including phenoxy) is 1. The lowest BCUT2D eigenvalue weighted by Crippen LogP contribution is -2.33. The number of anilines is 1. The average molecular weight is 469 g/mol. The zero-order valence-electron chi connectivity index (χ0n) is 18.5. The molecule has 9 nitrogen and oxygen atoms in total. The lowest BCUT2D eigenvalue weighted by Gasteiger charge is -2.14. The molecule has 0 aliphatic carbocycles. The fraction of sp³-hybridized carbons (Fsp3) is 0.261. The highest BCUT2D eigenvalue weighted by Gasteiger charge is 2.39. The number of thioether (sulfide) groups is 1. The van der Waals surface area contributed by atoms with Crippen molar-refractivity contribution in [3.05, 3.63) is 70.3 Å². The van der Waals surface area contributed by atoms with Crippen molar-refractivity contribution in [2.24, 2.45) is 4.99 Å². The van der Waals surface area contributed by atoms with Crippen molar-refractivity contribution in [2.75, 3.05) is 19.0 Å². The molecular weight excluding hydrogens is 444 g/mol. The molecule has 1 unspecified atom stereocenters. The van der Waals surface area contributed by atoms with Crippen LogP contribution in [-0.2, 0) is 9.59 Å². The first kappa shape index (κ1) is 24.0. The van der Waals surface area contributed by atoms with Gasteiger partial charge < -0.3 is 10.1 Å². The summed E-state index contributed by atoms with van der Waals surface area (Å²) in [5.41, 5.74) is 2.50. The molecule has 1 aliphatic rings. The number of nitrogens with one attached hydrogen (secondary N) is 1. The van der Waals surface area contributed by atoms with Crippen LogP contribution in [0.15, 0.2) is 54.0 Å². The zero-order chi connectivity index (χ0) is 24.1. The highest BCUT2D eigenvalue weighted by atomic mass is 32.2. The number of hydrogen-bond acceptors (Lipinski definition) is 7. The first-order chi connectivity index (χ1) is 15.7. The molecule has 1 atom stereocenters. The number of aryl methyl sites for hydroxylation is 2. The molecule has 0 spiro atoms. The molecule has 0 radical (unpaired) electrons. The number of carbonyl (C=O) groups excluding carboxylic acids is 2. The summed E-state index contributed by atoms with van der Waals surface area (Å²) >= 11 is 1.20. The number of amides is 2. The number of hydrogen-bond donors (Lipinski definition) is 1. The number of nitro groups is 1. The van der Waals surface area contributed by atoms with Gasteiger partial charge in [0, 0.05) is 13.0 Å². The molecule has 2 aromatic carbocycles. The maximum Gasteiger partial charge on any atom is 0.296 e. The molecule has 0 bridgehead atoms. The number of carbonyl (C=O) groups is 2. The molecule has 3 rings (SSSR count). The third-order valence-corrected chi connectivity index (χ3v) is 6.13. The number of nitro benzene ring substituents is 1. The second kappa shape index (κ2) is 10.3. The molecule has 1 aliphatic heterocycles. The maximum absolute atomic E-state index is 13.0. The number of aliphatic imine (C=N–C) groups is 1. The Morgan fingerprint density at radius 3 is 2.76 bits per heavy atom. The number of rotatable bonds is 8. The quantitative estimate of drug-likeness (QED) is 0.350. The van der Waals surface area contributed by atoms with Gasteiger partial charge in [-0.2, -0.15) is 0 Å². The molecule has 0 aromatic heterocycles. The van der Waals surface area contributed by atoms with Gasteiger partial charge in [0.1, 0.15) is 16.7 Å². The third kappa shape index (κ3) is 5.58. The molecule has 1 saturated heterocycles. The number of methoxy groups -OCH3 is 1. The van der Waals surface area contributed by atoms with Gasteiger partial charge in [0.15, 0.2) is 5.17 Å². The van der Waals surface area contributed by atoms with E-state index in [1.54, 1.807) is 6.08 Å². The van der Waals surface area contributed by atoms with Crippen LogP contribution in [0.5, 0.6) is 5.75 Å². The van der Waals surface area contributed by atoms with Crippen molar-refractivity contribution in [1.29, 1.82) is 0 Å². The normalized spacial score (nSPS) is 16.7. The van der Waals surface area contributed by atoms with E-state index in [4.69, 9.17) is 4.74 Å². The summed E-state index contributed by atoms with van der Waals surface area (Å²) in [6, 6.07) is 10.0. The Kier molecular flexibility index (Phi) is 7.49. The number of nitrogens with zero attached hydrogens (tertiary/aromatic N) is 3. The van der Waals surface area contributed by atoms with E-state index in [0.717, 1.165) is 16.8 Å². The Morgan fingerprint density at radius 2 is 2.09 bits per heavy atom. The van der Waals surface area contributed by atoms with Crippen LogP contribution in [0.25, 0.3) is 0 Å². The molecule has 1 fully saturated rings. The van der Waals surface area contributed by atoms with Crippen LogP contribution in [0.3, 0.4) is 0 Å². The van der Waals surface area contributed by atoms with Gasteiger partial charge in [0.25, 0.3) is 5.69 Å². The number of amidine groups is 1. The minimum absolute atomic E-state index is 0.0356. The second-order valence-electron chi connectivity index (χ2n) is 7.42. The third-order valence-electron chi connectivity index (χ3n) is 4.96. The van der Waals surface area contributed by atoms with Crippen LogP contribution in [0.4, 0.5) is 17.1 Å². The zero-order valence-corrected chi connectivity index (χ0v) is 19.3. The summed E-state index contributed by atoms with van der Waals surface area (Å²) in [6.45, 7) is 7.86. The summed E-state index contributed by atoms with van der Waals surface area (Å²) < 4.78 is 5.01. The Bertz CT molecular complexity index is 1150. The molecule has 172 valence electrons. The topological polar surface area (TPSA) is 114 Å². The van der Waals surface area contributed by atoms with Crippen molar-refractivity contribution >= 4 is 45.8 Å². The highest BCUT2D eigenvalue weighted by Crippen LogP contribution is 2.34. The van der Waals surface area contributed by atoms with E-state index in [2.05, 4.69) is 16.9 Å². The van der Waals surface area contributed by atoms with Crippen LogP contribution in [0, 0.1) is 24.0 Å². The average Bonchev–Trinajstić information content (AvgIpc) is 3.05. The van der Waals surface area contributed by atoms with E-state index in [1.807, 2.05) is 32.0 Å². The fourth-order valence-electron chi connectivity index (χ4n) is 3.23. The van der Waals surface area contributed by atoms with Crippen molar-refractivity contribution in [3.63, 3.8) is 0 Å². The van der Waals surface area contributed by atoms with Gasteiger partial charge in [-0.3, -0.25) is 24.6 Å². The SMILES string of the molecule is C=CCN1C(=O)C(CC(=O)Nc2ccc(OC)cc2[N+](=O)[O-])SC1=Nc1cc(C)ccc1C. The smallest absolute Gasteiger partial charge is 0.296 e. The van der Waals surface area contributed by atoms with Crippen molar-refractivity contribution in [2.45, 2.75) is 25.5 Å². The predicted octanol–water partition coefficient (Wildman–Crippen LogP) is 4.37. The van der Waals surface area contributed by atoms with Crippen molar-refractivity contribution in [1.82, 2.24) is 4.90 Å². The Labute approximate surface area is 195 Å². The standard InChI is InChI=1S/C23H24N4O5S/c1-5-10-26-22(29)20(33-23(26)25-18-11-14(2)6-7-15(18)3)13-21(28)24-17-9-8-16(32-4)12-19(17)27(30)31/h5-9,11-12,20H,1,10,13H2,2-4H3,(H,24,28). The van der Waals surface area contributed by atoms with E-state index in [9.17, 15) is 19.7 Å². The molecule has 1 heterocycles. The van der Waals surface area contributed by atoms with Crippen LogP contribution in [-0.4, -0.2) is 45.7 Å². The predicted molar refractivity (Wildman–Crippen MR) is 129 cm³/mol. The van der Waals surface area contributed by atoms with Gasteiger partial charge in [-0.15, -0.1) is 6.58 Å². The molecule has 2 amide bonds. The van der Waals surface area contributed by atoms with Crippen LogP contribution in [0.2, 0.25) is 0 Å². The van der Waals surface area contributed by atoms with Gasteiger partial charge in [0.05, 0.1) is 23.8 Å². The van der Waals surface area contributed by atoms with E-state index in [0.29, 0.717) is 10.9 Å². The maximum atomic E-state index is 13.0.